The predicted molar refractivity (Wildman–Crippen MR) is 126 cm³/mol. The van der Waals surface area contributed by atoms with Crippen LogP contribution in [0.25, 0.3) is 5.69 Å². The molecule has 0 aliphatic carbocycles. The molecule has 35 heavy (non-hydrogen) atoms. The van der Waals surface area contributed by atoms with Crippen molar-refractivity contribution in [3.8, 4) is 5.69 Å². The highest BCUT2D eigenvalue weighted by Crippen LogP contribution is 2.30. The molecule has 7 nitrogen and oxygen atoms in total. The zero-order chi connectivity index (χ0) is 25.8. The fraction of sp³-hybridized carbons (Fsp3) is 0.280. The average molecular weight is 486 g/mol. The first kappa shape index (κ1) is 25.7. The lowest BCUT2D eigenvalue weighted by Gasteiger charge is -2.22. The molecule has 0 saturated heterocycles. The van der Waals surface area contributed by atoms with Crippen molar-refractivity contribution in [1.82, 2.24) is 14.7 Å². The summed E-state index contributed by atoms with van der Waals surface area (Å²) in [7, 11) is 0. The predicted octanol–water partition coefficient (Wildman–Crippen LogP) is 4.36. The highest BCUT2D eigenvalue weighted by Gasteiger charge is 2.31. The Balaban J connectivity index is 1.92. The van der Waals surface area contributed by atoms with Gasteiger partial charge >= 0.3 is 6.18 Å². The molecule has 0 unspecified atom stereocenters. The Morgan fingerprint density at radius 2 is 1.77 bits per heavy atom. The number of aromatic nitrogens is 2. The number of anilines is 1. The second kappa shape index (κ2) is 10.5. The molecular weight excluding hydrogens is 461 g/mol. The first-order chi connectivity index (χ1) is 16.5. The highest BCUT2D eigenvalue weighted by atomic mass is 19.4. The van der Waals surface area contributed by atoms with Crippen molar-refractivity contribution in [2.45, 2.75) is 33.4 Å². The van der Waals surface area contributed by atoms with Gasteiger partial charge in [0.2, 0.25) is 11.3 Å². The number of nitrogens with one attached hydrogen (secondary N) is 1. The van der Waals surface area contributed by atoms with Crippen molar-refractivity contribution in [2.75, 3.05) is 18.4 Å². The molecule has 2 amide bonds. The first-order valence-corrected chi connectivity index (χ1v) is 10.9. The molecule has 1 heterocycles. The van der Waals surface area contributed by atoms with Gasteiger partial charge in [-0.1, -0.05) is 31.2 Å². The quantitative estimate of drug-likeness (QED) is 0.538. The molecule has 10 heteroatoms. The topological polar surface area (TPSA) is 84.3 Å². The number of alkyl halides is 3. The Morgan fingerprint density at radius 3 is 2.43 bits per heavy atom. The number of carbonyl (C=O) groups excluding carboxylic acids is 2. The number of carbonyl (C=O) groups is 2. The lowest BCUT2D eigenvalue weighted by molar-refractivity contribution is -0.137. The SMILES string of the molecule is CCCN(CC(=O)Nc1ccccc1C)C(=O)c1nn(-c2cccc(C(F)(F)F)c2)c(C)cc1=O. The van der Waals surface area contributed by atoms with E-state index in [1.165, 1.54) is 24.0 Å². The van der Waals surface area contributed by atoms with Gasteiger partial charge in [0, 0.05) is 24.0 Å². The smallest absolute Gasteiger partial charge is 0.328 e. The molecule has 0 aliphatic rings. The number of hydrogen-bond acceptors (Lipinski definition) is 4. The standard InChI is InChI=1S/C25H25F3N4O3/c1-4-12-31(15-22(34)29-20-11-6-5-8-16(20)2)24(35)23-21(33)13-17(3)32(30-23)19-10-7-9-18(14-19)25(26,27)28/h5-11,13-14H,4,12,15H2,1-3H3,(H,29,34). The maximum atomic E-state index is 13.2. The number of benzene rings is 2. The van der Waals surface area contributed by atoms with E-state index in [0.29, 0.717) is 12.1 Å². The Kier molecular flexibility index (Phi) is 7.73. The van der Waals surface area contributed by atoms with Crippen LogP contribution in [0.2, 0.25) is 0 Å². The zero-order valence-electron chi connectivity index (χ0n) is 19.5. The van der Waals surface area contributed by atoms with Crippen LogP contribution in [0.4, 0.5) is 18.9 Å². The largest absolute Gasteiger partial charge is 0.416 e. The van der Waals surface area contributed by atoms with Crippen LogP contribution in [0.5, 0.6) is 0 Å². The van der Waals surface area contributed by atoms with Gasteiger partial charge in [-0.25, -0.2) is 4.68 Å². The number of halogens is 3. The van der Waals surface area contributed by atoms with Crippen molar-refractivity contribution >= 4 is 17.5 Å². The summed E-state index contributed by atoms with van der Waals surface area (Å²) < 4.78 is 40.6. The fourth-order valence-electron chi connectivity index (χ4n) is 3.52. The molecule has 0 aliphatic heterocycles. The minimum atomic E-state index is -4.57. The van der Waals surface area contributed by atoms with E-state index in [0.717, 1.165) is 28.4 Å². The van der Waals surface area contributed by atoms with E-state index in [1.54, 1.807) is 12.1 Å². The molecule has 0 radical (unpaired) electrons. The van der Waals surface area contributed by atoms with Crippen LogP contribution in [0.15, 0.2) is 59.4 Å². The number of amides is 2. The Bertz CT molecular complexity index is 1300. The minimum absolute atomic E-state index is 0.0470. The number of rotatable bonds is 7. The third kappa shape index (κ3) is 6.14. The molecule has 0 saturated carbocycles. The number of hydrogen-bond donors (Lipinski definition) is 1. The molecule has 1 aromatic heterocycles. The van der Waals surface area contributed by atoms with Crippen molar-refractivity contribution in [1.29, 1.82) is 0 Å². The Morgan fingerprint density at radius 1 is 1.06 bits per heavy atom. The van der Waals surface area contributed by atoms with E-state index in [2.05, 4.69) is 10.4 Å². The normalized spacial score (nSPS) is 11.3. The van der Waals surface area contributed by atoms with Crippen molar-refractivity contribution in [3.05, 3.63) is 87.3 Å². The summed E-state index contributed by atoms with van der Waals surface area (Å²) >= 11 is 0. The third-order valence-electron chi connectivity index (χ3n) is 5.26. The van der Waals surface area contributed by atoms with Crippen LogP contribution < -0.4 is 10.7 Å². The minimum Gasteiger partial charge on any atom is -0.328 e. The molecular formula is C25H25F3N4O3. The van der Waals surface area contributed by atoms with Gasteiger partial charge < -0.3 is 10.2 Å². The van der Waals surface area contributed by atoms with Crippen molar-refractivity contribution in [3.63, 3.8) is 0 Å². The van der Waals surface area contributed by atoms with Crippen molar-refractivity contribution in [2.24, 2.45) is 0 Å². The molecule has 184 valence electrons. The summed E-state index contributed by atoms with van der Waals surface area (Å²) in [4.78, 5) is 39.7. The van der Waals surface area contributed by atoms with Crippen LogP contribution in [-0.2, 0) is 11.0 Å². The van der Waals surface area contributed by atoms with Gasteiger partial charge in [-0.3, -0.25) is 14.4 Å². The molecule has 2 aromatic carbocycles. The summed E-state index contributed by atoms with van der Waals surface area (Å²) in [6, 6.07) is 12.7. The van der Waals surface area contributed by atoms with Gasteiger partial charge in [0.05, 0.1) is 11.3 Å². The van der Waals surface area contributed by atoms with Crippen LogP contribution in [0.3, 0.4) is 0 Å². The van der Waals surface area contributed by atoms with Gasteiger partial charge in [-0.2, -0.15) is 18.3 Å². The summed E-state index contributed by atoms with van der Waals surface area (Å²) in [6.45, 7) is 5.00. The maximum Gasteiger partial charge on any atom is 0.416 e. The molecule has 1 N–H and O–H groups in total. The number of nitrogens with zero attached hydrogens (tertiary/aromatic N) is 3. The molecule has 3 rings (SSSR count). The monoisotopic (exact) mass is 486 g/mol. The molecule has 3 aromatic rings. The highest BCUT2D eigenvalue weighted by molar-refractivity contribution is 5.98. The second-order valence-corrected chi connectivity index (χ2v) is 8.05. The number of aryl methyl sites for hydroxylation is 2. The number of para-hydroxylation sites is 1. The van der Waals surface area contributed by atoms with E-state index in [4.69, 9.17) is 0 Å². The molecule has 0 atom stereocenters. The zero-order valence-corrected chi connectivity index (χ0v) is 19.5. The fourth-order valence-corrected chi connectivity index (χ4v) is 3.52. The molecule has 0 fully saturated rings. The lowest BCUT2D eigenvalue weighted by atomic mass is 10.2. The van der Waals surface area contributed by atoms with E-state index < -0.39 is 34.7 Å². The maximum absolute atomic E-state index is 13.2. The second-order valence-electron chi connectivity index (χ2n) is 8.05. The van der Waals surface area contributed by atoms with Crippen LogP contribution >= 0.6 is 0 Å². The van der Waals surface area contributed by atoms with E-state index in [-0.39, 0.29) is 24.5 Å². The molecule has 0 bridgehead atoms. The summed E-state index contributed by atoms with van der Waals surface area (Å²) in [6.07, 6.45) is -4.05. The summed E-state index contributed by atoms with van der Waals surface area (Å²) in [5.74, 6) is -1.23. The van der Waals surface area contributed by atoms with E-state index >= 15 is 0 Å². The lowest BCUT2D eigenvalue weighted by Crippen LogP contribution is -2.41. The van der Waals surface area contributed by atoms with Gasteiger partial charge in [0.15, 0.2) is 5.69 Å². The Hall–Kier alpha value is -3.95. The summed E-state index contributed by atoms with van der Waals surface area (Å²) in [5.41, 5.74) is -0.305. The molecule has 0 spiro atoms. The van der Waals surface area contributed by atoms with E-state index in [1.807, 2.05) is 26.0 Å². The van der Waals surface area contributed by atoms with E-state index in [9.17, 15) is 27.6 Å². The van der Waals surface area contributed by atoms with Crippen molar-refractivity contribution < 1.29 is 22.8 Å². The van der Waals surface area contributed by atoms with Crippen LogP contribution in [0.1, 0.15) is 40.7 Å². The average Bonchev–Trinajstić information content (AvgIpc) is 2.79. The van der Waals surface area contributed by atoms with Gasteiger partial charge in [-0.05, 0) is 50.1 Å². The van der Waals surface area contributed by atoms with Gasteiger partial charge in [0.1, 0.15) is 6.54 Å². The summed E-state index contributed by atoms with van der Waals surface area (Å²) in [5, 5.41) is 6.83. The van der Waals surface area contributed by atoms with Crippen LogP contribution in [0, 0.1) is 13.8 Å². The first-order valence-electron chi connectivity index (χ1n) is 10.9. The van der Waals surface area contributed by atoms with Gasteiger partial charge in [-0.15, -0.1) is 0 Å². The van der Waals surface area contributed by atoms with Crippen LogP contribution in [-0.4, -0.2) is 39.6 Å². The Labute approximate surface area is 200 Å². The van der Waals surface area contributed by atoms with Gasteiger partial charge in [0.25, 0.3) is 5.91 Å². The third-order valence-corrected chi connectivity index (χ3v) is 5.26.